The molecule has 2 aliphatic rings. The first-order valence-electron chi connectivity index (χ1n) is 9.29. The highest BCUT2D eigenvalue weighted by Gasteiger charge is 2.57. The minimum absolute atomic E-state index is 0.00682. The highest BCUT2D eigenvalue weighted by molar-refractivity contribution is 7.14. The number of hydrogen-bond acceptors (Lipinski definition) is 4. The highest BCUT2D eigenvalue weighted by atomic mass is 32.1. The van der Waals surface area contributed by atoms with Crippen molar-refractivity contribution in [2.75, 3.05) is 5.32 Å². The first kappa shape index (κ1) is 18.8. The third-order valence-corrected chi connectivity index (χ3v) is 6.64. The van der Waals surface area contributed by atoms with E-state index in [9.17, 15) is 19.1 Å². The molecule has 1 amide bonds. The lowest BCUT2D eigenvalue weighted by Crippen LogP contribution is -2.37. The number of fused-ring (bicyclic) bond motifs is 2. The molecule has 0 unspecified atom stereocenters. The number of carbonyl (C=O) groups is 2. The molecule has 7 heteroatoms. The Morgan fingerprint density at radius 3 is 2.39 bits per heavy atom. The summed E-state index contributed by atoms with van der Waals surface area (Å²) in [6, 6.07) is 5.99. The molecule has 2 N–H and O–H groups in total. The van der Waals surface area contributed by atoms with Crippen molar-refractivity contribution in [3.8, 4) is 11.3 Å². The van der Waals surface area contributed by atoms with Crippen LogP contribution in [0.1, 0.15) is 26.7 Å². The zero-order valence-electron chi connectivity index (χ0n) is 15.6. The van der Waals surface area contributed by atoms with Crippen molar-refractivity contribution >= 4 is 28.3 Å². The van der Waals surface area contributed by atoms with E-state index in [2.05, 4.69) is 10.3 Å². The van der Waals surface area contributed by atoms with Gasteiger partial charge in [-0.1, -0.05) is 11.1 Å². The fourth-order valence-corrected chi connectivity index (χ4v) is 5.60. The monoisotopic (exact) mass is 400 g/mol. The number of aliphatic carboxylic acids is 1. The molecule has 5 nitrogen and oxygen atoms in total. The predicted octanol–water partition coefficient (Wildman–Crippen LogP) is 4.58. The van der Waals surface area contributed by atoms with Crippen molar-refractivity contribution in [1.82, 2.24) is 4.98 Å². The van der Waals surface area contributed by atoms with E-state index in [0.717, 1.165) is 29.6 Å². The smallest absolute Gasteiger partial charge is 0.307 e. The van der Waals surface area contributed by atoms with Gasteiger partial charge in [-0.25, -0.2) is 9.37 Å². The van der Waals surface area contributed by atoms with Crippen LogP contribution in [0.4, 0.5) is 9.52 Å². The topological polar surface area (TPSA) is 79.3 Å². The van der Waals surface area contributed by atoms with Gasteiger partial charge in [-0.2, -0.15) is 0 Å². The van der Waals surface area contributed by atoms with E-state index >= 15 is 0 Å². The van der Waals surface area contributed by atoms with Gasteiger partial charge < -0.3 is 10.4 Å². The van der Waals surface area contributed by atoms with E-state index in [0.29, 0.717) is 10.8 Å². The molecule has 146 valence electrons. The third-order valence-electron chi connectivity index (χ3n) is 5.88. The first-order valence-corrected chi connectivity index (χ1v) is 10.2. The number of allylic oxidation sites excluding steroid dienone is 2. The van der Waals surface area contributed by atoms with E-state index < -0.39 is 17.8 Å². The maximum absolute atomic E-state index is 13.1. The van der Waals surface area contributed by atoms with Gasteiger partial charge in [0.25, 0.3) is 0 Å². The standard InChI is InChI=1S/C21H21FN2O3S/c1-10(2)16-13-7-8-14(16)18(20(26)27)17(13)19(25)24-21-23-15(9-28-21)11-3-5-12(22)6-4-11/h3-6,9,13-14,17-18H,7-8H2,1-2H3,(H,26,27)(H,23,24,25)/t13-,14+,17-,18+/m1/s1. The molecule has 0 saturated heterocycles. The quantitative estimate of drug-likeness (QED) is 0.736. The van der Waals surface area contributed by atoms with Gasteiger partial charge in [0.2, 0.25) is 5.91 Å². The van der Waals surface area contributed by atoms with Crippen LogP contribution in [0.5, 0.6) is 0 Å². The van der Waals surface area contributed by atoms with Crippen LogP contribution in [0.3, 0.4) is 0 Å². The Bertz CT molecular complexity index is 962. The SMILES string of the molecule is CC(C)=C1[C@H]2CC[C@@H]1[C@H](C(=O)O)[C@@H]2C(=O)Nc1nc(-c2ccc(F)cc2)cs1. The van der Waals surface area contributed by atoms with Crippen LogP contribution < -0.4 is 5.32 Å². The van der Waals surface area contributed by atoms with Gasteiger partial charge >= 0.3 is 5.97 Å². The molecule has 2 aromatic rings. The van der Waals surface area contributed by atoms with Crippen molar-refractivity contribution in [1.29, 1.82) is 0 Å². The van der Waals surface area contributed by atoms with Gasteiger partial charge in [-0.3, -0.25) is 9.59 Å². The highest BCUT2D eigenvalue weighted by Crippen LogP contribution is 2.57. The molecule has 28 heavy (non-hydrogen) atoms. The summed E-state index contributed by atoms with van der Waals surface area (Å²) >= 11 is 1.28. The Labute approximate surface area is 166 Å². The molecule has 2 bridgehead atoms. The second-order valence-corrected chi connectivity index (χ2v) is 8.53. The van der Waals surface area contributed by atoms with Crippen LogP contribution in [-0.2, 0) is 9.59 Å². The average molecular weight is 400 g/mol. The van der Waals surface area contributed by atoms with E-state index in [4.69, 9.17) is 0 Å². The number of nitrogens with zero attached hydrogens (tertiary/aromatic N) is 1. The molecule has 1 aromatic carbocycles. The van der Waals surface area contributed by atoms with Gasteiger partial charge in [0.15, 0.2) is 5.13 Å². The zero-order chi connectivity index (χ0) is 20.0. The normalized spacial score (nSPS) is 25.8. The van der Waals surface area contributed by atoms with Crippen molar-refractivity contribution in [2.45, 2.75) is 26.7 Å². The Morgan fingerprint density at radius 1 is 1.14 bits per heavy atom. The summed E-state index contributed by atoms with van der Waals surface area (Å²) in [5, 5.41) is 14.8. The number of amides is 1. The van der Waals surface area contributed by atoms with Crippen molar-refractivity contribution in [2.24, 2.45) is 23.7 Å². The number of carboxylic acids is 1. The van der Waals surface area contributed by atoms with Crippen LogP contribution in [0.25, 0.3) is 11.3 Å². The molecule has 0 radical (unpaired) electrons. The summed E-state index contributed by atoms with van der Waals surface area (Å²) in [7, 11) is 0. The Kier molecular flexibility index (Phi) is 4.79. The van der Waals surface area contributed by atoms with Crippen LogP contribution in [0.15, 0.2) is 40.8 Å². The maximum atomic E-state index is 13.1. The van der Waals surface area contributed by atoms with Crippen molar-refractivity contribution in [3.63, 3.8) is 0 Å². The molecule has 0 spiro atoms. The number of hydrogen-bond donors (Lipinski definition) is 2. The molecule has 1 aromatic heterocycles. The number of nitrogens with one attached hydrogen (secondary N) is 1. The van der Waals surface area contributed by atoms with Gasteiger partial charge in [0.05, 0.1) is 17.5 Å². The number of rotatable bonds is 4. The van der Waals surface area contributed by atoms with Crippen LogP contribution >= 0.6 is 11.3 Å². The van der Waals surface area contributed by atoms with Gasteiger partial charge in [0, 0.05) is 10.9 Å². The largest absolute Gasteiger partial charge is 0.481 e. The second kappa shape index (κ2) is 7.13. The first-order chi connectivity index (χ1) is 13.4. The Balaban J connectivity index is 1.56. The molecular formula is C21H21FN2O3S. The van der Waals surface area contributed by atoms with E-state index in [1.807, 2.05) is 13.8 Å². The lowest BCUT2D eigenvalue weighted by Gasteiger charge is -2.25. The summed E-state index contributed by atoms with van der Waals surface area (Å²) in [6.07, 6.45) is 1.68. The van der Waals surface area contributed by atoms with E-state index in [-0.39, 0.29) is 23.6 Å². The summed E-state index contributed by atoms with van der Waals surface area (Å²) in [5.74, 6) is -2.81. The predicted molar refractivity (Wildman–Crippen MR) is 105 cm³/mol. The number of benzene rings is 1. The maximum Gasteiger partial charge on any atom is 0.307 e. The minimum atomic E-state index is -0.905. The fraction of sp³-hybridized carbons (Fsp3) is 0.381. The summed E-state index contributed by atoms with van der Waals surface area (Å²) in [6.45, 7) is 3.99. The second-order valence-electron chi connectivity index (χ2n) is 7.67. The minimum Gasteiger partial charge on any atom is -0.481 e. The molecule has 0 aliphatic heterocycles. The van der Waals surface area contributed by atoms with Crippen LogP contribution in [0.2, 0.25) is 0 Å². The molecule has 2 fully saturated rings. The summed E-state index contributed by atoms with van der Waals surface area (Å²) in [4.78, 5) is 29.3. The third kappa shape index (κ3) is 3.13. The zero-order valence-corrected chi connectivity index (χ0v) is 16.4. The lowest BCUT2D eigenvalue weighted by molar-refractivity contribution is -0.148. The Hall–Kier alpha value is -2.54. The number of anilines is 1. The summed E-state index contributed by atoms with van der Waals surface area (Å²) in [5.41, 5.74) is 3.68. The molecule has 4 rings (SSSR count). The molecular weight excluding hydrogens is 379 g/mol. The fourth-order valence-electron chi connectivity index (χ4n) is 4.88. The van der Waals surface area contributed by atoms with Crippen LogP contribution in [0, 0.1) is 29.5 Å². The van der Waals surface area contributed by atoms with Crippen molar-refractivity contribution in [3.05, 3.63) is 46.6 Å². The van der Waals surface area contributed by atoms with Gasteiger partial charge in [0.1, 0.15) is 5.82 Å². The number of aromatic nitrogens is 1. The van der Waals surface area contributed by atoms with Crippen LogP contribution in [-0.4, -0.2) is 22.0 Å². The molecule has 1 heterocycles. The van der Waals surface area contributed by atoms with Crippen molar-refractivity contribution < 1.29 is 19.1 Å². The summed E-state index contributed by atoms with van der Waals surface area (Å²) < 4.78 is 13.1. The number of carbonyl (C=O) groups excluding carboxylic acids is 1. The van der Waals surface area contributed by atoms with E-state index in [1.54, 1.807) is 17.5 Å². The Morgan fingerprint density at radius 2 is 1.79 bits per heavy atom. The molecule has 2 saturated carbocycles. The molecule has 4 atom stereocenters. The van der Waals surface area contributed by atoms with Gasteiger partial charge in [-0.05, 0) is 62.8 Å². The lowest BCUT2D eigenvalue weighted by atomic mass is 9.79. The number of thiazole rings is 1. The molecule has 2 aliphatic carbocycles. The average Bonchev–Trinajstić information content (AvgIpc) is 3.35. The van der Waals surface area contributed by atoms with Gasteiger partial charge in [-0.15, -0.1) is 11.3 Å². The number of halogens is 1. The van der Waals surface area contributed by atoms with E-state index in [1.165, 1.54) is 23.5 Å². The number of carboxylic acid groups (broad SMARTS) is 1.